The lowest BCUT2D eigenvalue weighted by atomic mass is 10.1. The van der Waals surface area contributed by atoms with Crippen molar-refractivity contribution in [3.05, 3.63) is 40.3 Å². The Labute approximate surface area is 123 Å². The number of aryl methyl sites for hydroxylation is 1. The molecule has 110 valence electrons. The largest absolute Gasteiger partial charge is 0.337 e. The molecule has 1 amide bonds. The quantitative estimate of drug-likeness (QED) is 0.864. The van der Waals surface area contributed by atoms with Gasteiger partial charge in [0.15, 0.2) is 5.69 Å². The van der Waals surface area contributed by atoms with Crippen molar-refractivity contribution in [3.63, 3.8) is 0 Å². The van der Waals surface area contributed by atoms with E-state index in [2.05, 4.69) is 12.0 Å². The van der Waals surface area contributed by atoms with Crippen molar-refractivity contribution >= 4 is 16.7 Å². The lowest BCUT2D eigenvalue weighted by Gasteiger charge is -2.30. The van der Waals surface area contributed by atoms with Gasteiger partial charge in [-0.15, -0.1) is 0 Å². The molecule has 2 aromatic rings. The van der Waals surface area contributed by atoms with Crippen molar-refractivity contribution in [2.24, 2.45) is 0 Å². The van der Waals surface area contributed by atoms with E-state index in [1.54, 1.807) is 17.0 Å². The highest BCUT2D eigenvalue weighted by molar-refractivity contribution is 6.04. The third kappa shape index (κ3) is 2.44. The number of carbonyl (C=O) groups excluding carboxylic acids is 1. The molecule has 0 radical (unpaired) electrons. The monoisotopic (exact) mass is 285 g/mol. The predicted octanol–water partition coefficient (Wildman–Crippen LogP) is 2.04. The summed E-state index contributed by atoms with van der Waals surface area (Å²) in [6.07, 6.45) is 2.90. The Morgan fingerprint density at radius 3 is 2.57 bits per heavy atom. The molecule has 0 spiro atoms. The number of fused-ring (bicyclic) bond motifs is 1. The van der Waals surface area contributed by atoms with Gasteiger partial charge in [-0.25, -0.2) is 4.68 Å². The average Bonchev–Trinajstić information content (AvgIpc) is 2.45. The molecule has 0 saturated carbocycles. The fourth-order valence-corrected chi connectivity index (χ4v) is 2.52. The first kappa shape index (κ1) is 13.8. The van der Waals surface area contributed by atoms with Crippen molar-refractivity contribution in [2.75, 3.05) is 13.1 Å². The third-order valence-corrected chi connectivity index (χ3v) is 3.94. The van der Waals surface area contributed by atoms with Gasteiger partial charge in [-0.05, 0) is 18.9 Å². The maximum atomic E-state index is 12.5. The fraction of sp³-hybridized carbons (Fsp3) is 0.438. The van der Waals surface area contributed by atoms with Gasteiger partial charge in [-0.2, -0.15) is 5.10 Å². The summed E-state index contributed by atoms with van der Waals surface area (Å²) in [5.74, 6) is -0.0669. The van der Waals surface area contributed by atoms with Crippen LogP contribution >= 0.6 is 0 Å². The molecule has 2 heterocycles. The number of carbonyl (C=O) groups is 1. The van der Waals surface area contributed by atoms with Gasteiger partial charge in [0.2, 0.25) is 0 Å². The number of hydrogen-bond donors (Lipinski definition) is 0. The fourth-order valence-electron chi connectivity index (χ4n) is 2.52. The topological polar surface area (TPSA) is 55.2 Å². The first-order chi connectivity index (χ1) is 10.2. The van der Waals surface area contributed by atoms with Crippen LogP contribution in [0.1, 0.15) is 36.7 Å². The zero-order chi connectivity index (χ0) is 14.8. The summed E-state index contributed by atoms with van der Waals surface area (Å²) in [4.78, 5) is 26.7. The summed E-state index contributed by atoms with van der Waals surface area (Å²) < 4.78 is 1.44. The van der Waals surface area contributed by atoms with E-state index in [1.807, 2.05) is 12.1 Å². The molecule has 0 unspecified atom stereocenters. The number of unbranched alkanes of at least 4 members (excludes halogenated alkanes) is 1. The predicted molar refractivity (Wildman–Crippen MR) is 81.4 cm³/mol. The van der Waals surface area contributed by atoms with E-state index in [-0.39, 0.29) is 11.5 Å². The van der Waals surface area contributed by atoms with E-state index in [1.165, 1.54) is 4.68 Å². The molecule has 1 aliphatic heterocycles. The van der Waals surface area contributed by atoms with Crippen molar-refractivity contribution in [1.82, 2.24) is 14.7 Å². The Hall–Kier alpha value is -2.17. The highest BCUT2D eigenvalue weighted by Crippen LogP contribution is 2.18. The van der Waals surface area contributed by atoms with E-state index in [4.69, 9.17) is 0 Å². The number of benzene rings is 1. The smallest absolute Gasteiger partial charge is 0.274 e. The van der Waals surface area contributed by atoms with Crippen LogP contribution in [0.15, 0.2) is 29.1 Å². The highest BCUT2D eigenvalue weighted by atomic mass is 16.2. The van der Waals surface area contributed by atoms with Gasteiger partial charge < -0.3 is 4.90 Å². The minimum absolute atomic E-state index is 0.0669. The Morgan fingerprint density at radius 1 is 1.24 bits per heavy atom. The van der Waals surface area contributed by atoms with Crippen LogP contribution < -0.4 is 5.56 Å². The number of rotatable bonds is 4. The minimum atomic E-state index is -0.112. The number of likely N-dealkylation sites (tertiary alicyclic amines) is 1. The number of nitrogens with zero attached hydrogens (tertiary/aromatic N) is 3. The Kier molecular flexibility index (Phi) is 3.73. The molecule has 1 aliphatic rings. The molecule has 1 aromatic carbocycles. The Bertz CT molecular complexity index is 732. The maximum absolute atomic E-state index is 12.5. The minimum Gasteiger partial charge on any atom is -0.337 e. The zero-order valence-corrected chi connectivity index (χ0v) is 12.2. The van der Waals surface area contributed by atoms with Crippen LogP contribution in [0.25, 0.3) is 10.8 Å². The molecule has 21 heavy (non-hydrogen) atoms. The zero-order valence-electron chi connectivity index (χ0n) is 12.2. The molecule has 0 aliphatic carbocycles. The molecule has 0 atom stereocenters. The molecule has 3 rings (SSSR count). The Balaban J connectivity index is 2.14. The molecule has 0 N–H and O–H groups in total. The first-order valence-electron chi connectivity index (χ1n) is 7.51. The molecular formula is C16H19N3O2. The average molecular weight is 285 g/mol. The van der Waals surface area contributed by atoms with Gasteiger partial charge in [0.05, 0.1) is 5.39 Å². The first-order valence-corrected chi connectivity index (χ1v) is 7.51. The van der Waals surface area contributed by atoms with Crippen molar-refractivity contribution < 1.29 is 4.79 Å². The maximum Gasteiger partial charge on any atom is 0.274 e. The lowest BCUT2D eigenvalue weighted by Crippen LogP contribution is -2.43. The summed E-state index contributed by atoms with van der Waals surface area (Å²) in [7, 11) is 0. The number of hydrogen-bond acceptors (Lipinski definition) is 3. The van der Waals surface area contributed by atoms with Crippen LogP contribution in [0.2, 0.25) is 0 Å². The standard InChI is InChI=1S/C16H19N3O2/c1-2-3-11-19-15(20)13-8-5-4-7-12(13)14(17-19)16(21)18-9-6-10-18/h4-5,7-8H,2-3,6,9-11H2,1H3. The molecule has 5 heteroatoms. The van der Waals surface area contributed by atoms with Gasteiger partial charge >= 0.3 is 0 Å². The molecule has 1 fully saturated rings. The molecule has 1 saturated heterocycles. The second-order valence-corrected chi connectivity index (χ2v) is 5.42. The van der Waals surface area contributed by atoms with Gasteiger partial charge in [0, 0.05) is 25.0 Å². The second kappa shape index (κ2) is 5.68. The summed E-state index contributed by atoms with van der Waals surface area (Å²) >= 11 is 0. The lowest BCUT2D eigenvalue weighted by molar-refractivity contribution is 0.0645. The summed E-state index contributed by atoms with van der Waals surface area (Å²) in [6.45, 7) is 4.19. The van der Waals surface area contributed by atoms with Crippen LogP contribution in [-0.2, 0) is 6.54 Å². The van der Waals surface area contributed by atoms with Gasteiger partial charge in [0.1, 0.15) is 0 Å². The summed E-state index contributed by atoms with van der Waals surface area (Å²) in [6, 6.07) is 7.24. The normalized spacial score (nSPS) is 14.2. The summed E-state index contributed by atoms with van der Waals surface area (Å²) in [5.41, 5.74) is 0.292. The van der Waals surface area contributed by atoms with E-state index in [0.29, 0.717) is 23.0 Å². The molecule has 0 bridgehead atoms. The summed E-state index contributed by atoms with van der Waals surface area (Å²) in [5, 5.41) is 5.59. The van der Waals surface area contributed by atoms with Crippen molar-refractivity contribution in [2.45, 2.75) is 32.7 Å². The third-order valence-electron chi connectivity index (χ3n) is 3.94. The highest BCUT2D eigenvalue weighted by Gasteiger charge is 2.25. The van der Waals surface area contributed by atoms with Crippen molar-refractivity contribution in [3.8, 4) is 0 Å². The van der Waals surface area contributed by atoms with E-state index >= 15 is 0 Å². The molecule has 5 nitrogen and oxygen atoms in total. The van der Waals surface area contributed by atoms with E-state index in [0.717, 1.165) is 32.4 Å². The van der Waals surface area contributed by atoms with Crippen molar-refractivity contribution in [1.29, 1.82) is 0 Å². The van der Waals surface area contributed by atoms with Crippen LogP contribution in [0, 0.1) is 0 Å². The van der Waals surface area contributed by atoms with Gasteiger partial charge in [-0.3, -0.25) is 9.59 Å². The van der Waals surface area contributed by atoms with Crippen LogP contribution in [-0.4, -0.2) is 33.7 Å². The van der Waals surface area contributed by atoms with E-state index < -0.39 is 0 Å². The van der Waals surface area contributed by atoms with Gasteiger partial charge in [-0.1, -0.05) is 31.5 Å². The second-order valence-electron chi connectivity index (χ2n) is 5.42. The molecule has 1 aromatic heterocycles. The van der Waals surface area contributed by atoms with Gasteiger partial charge in [0.25, 0.3) is 11.5 Å². The van der Waals surface area contributed by atoms with Crippen LogP contribution in [0.4, 0.5) is 0 Å². The van der Waals surface area contributed by atoms with Crippen LogP contribution in [0.5, 0.6) is 0 Å². The number of aromatic nitrogens is 2. The van der Waals surface area contributed by atoms with Crippen LogP contribution in [0.3, 0.4) is 0 Å². The molecular weight excluding hydrogens is 266 g/mol. The SMILES string of the molecule is CCCCn1nc(C(=O)N2CCC2)c2ccccc2c1=O. The van der Waals surface area contributed by atoms with E-state index in [9.17, 15) is 9.59 Å². The number of amides is 1. The Morgan fingerprint density at radius 2 is 1.95 bits per heavy atom.